The van der Waals surface area contributed by atoms with E-state index in [9.17, 15) is 10.2 Å². The van der Waals surface area contributed by atoms with Gasteiger partial charge in [-0.2, -0.15) is 0 Å². The summed E-state index contributed by atoms with van der Waals surface area (Å²) in [4.78, 5) is 2.26. The number of fused-ring (bicyclic) bond motifs is 1. The Balaban J connectivity index is 1.72. The van der Waals surface area contributed by atoms with Crippen LogP contribution in [-0.2, 0) is 0 Å². The molecular weight excluding hydrogens is 324 g/mol. The lowest BCUT2D eigenvalue weighted by molar-refractivity contribution is 0.135. The van der Waals surface area contributed by atoms with Gasteiger partial charge in [-0.05, 0) is 58.7 Å². The van der Waals surface area contributed by atoms with E-state index < -0.39 is 0 Å². The Morgan fingerprint density at radius 1 is 1.12 bits per heavy atom. The van der Waals surface area contributed by atoms with Crippen LogP contribution in [0.2, 0.25) is 0 Å². The SMILES string of the molecule is CCCCC[C@H](O)C=C[C@@H]1[C@H]2C[C@H](CCCCCN(C)C)N[C@H]2C[C@H]1O. The number of nitrogens with zero attached hydrogens (tertiary/aromatic N) is 1. The second-order valence-corrected chi connectivity index (χ2v) is 8.85. The van der Waals surface area contributed by atoms with Gasteiger partial charge >= 0.3 is 0 Å². The van der Waals surface area contributed by atoms with Gasteiger partial charge in [0.15, 0.2) is 0 Å². The predicted octanol–water partition coefficient (Wildman–Crippen LogP) is 3.33. The molecule has 0 bridgehead atoms. The maximum absolute atomic E-state index is 10.4. The molecule has 152 valence electrons. The predicted molar refractivity (Wildman–Crippen MR) is 109 cm³/mol. The molecule has 1 saturated heterocycles. The number of hydrogen-bond donors (Lipinski definition) is 3. The van der Waals surface area contributed by atoms with Crippen molar-refractivity contribution in [3.63, 3.8) is 0 Å². The molecule has 2 fully saturated rings. The Labute approximate surface area is 161 Å². The molecule has 0 amide bonds. The van der Waals surface area contributed by atoms with E-state index in [1.165, 1.54) is 51.5 Å². The summed E-state index contributed by atoms with van der Waals surface area (Å²) >= 11 is 0. The van der Waals surface area contributed by atoms with Crippen LogP contribution in [0.3, 0.4) is 0 Å². The number of nitrogens with one attached hydrogen (secondary N) is 1. The Morgan fingerprint density at radius 3 is 2.65 bits per heavy atom. The van der Waals surface area contributed by atoms with E-state index in [-0.39, 0.29) is 18.1 Å². The number of aliphatic hydroxyl groups excluding tert-OH is 2. The van der Waals surface area contributed by atoms with Crippen LogP contribution < -0.4 is 5.32 Å². The van der Waals surface area contributed by atoms with E-state index in [4.69, 9.17) is 0 Å². The van der Waals surface area contributed by atoms with E-state index in [0.717, 1.165) is 19.3 Å². The van der Waals surface area contributed by atoms with Crippen LogP contribution in [0.25, 0.3) is 0 Å². The largest absolute Gasteiger partial charge is 0.392 e. The molecule has 1 aliphatic carbocycles. The third kappa shape index (κ3) is 6.95. The minimum Gasteiger partial charge on any atom is -0.392 e. The maximum atomic E-state index is 10.4. The average molecular weight is 367 g/mol. The summed E-state index contributed by atoms with van der Waals surface area (Å²) in [6, 6.07) is 1.07. The minimum absolute atomic E-state index is 0.215. The highest BCUT2D eigenvalue weighted by atomic mass is 16.3. The summed E-state index contributed by atoms with van der Waals surface area (Å²) in [7, 11) is 4.28. The van der Waals surface area contributed by atoms with E-state index in [1.807, 2.05) is 6.08 Å². The first kappa shape index (κ1) is 21.9. The molecule has 0 unspecified atom stereocenters. The molecular formula is C22H42N2O2. The van der Waals surface area contributed by atoms with Crippen LogP contribution in [0.5, 0.6) is 0 Å². The van der Waals surface area contributed by atoms with E-state index in [2.05, 4.69) is 37.3 Å². The van der Waals surface area contributed by atoms with E-state index >= 15 is 0 Å². The van der Waals surface area contributed by atoms with Crippen molar-refractivity contribution >= 4 is 0 Å². The fourth-order valence-corrected chi connectivity index (χ4v) is 4.78. The van der Waals surface area contributed by atoms with Crippen molar-refractivity contribution in [2.45, 2.75) is 95.4 Å². The zero-order valence-corrected chi connectivity index (χ0v) is 17.2. The fourth-order valence-electron chi connectivity index (χ4n) is 4.78. The molecule has 3 N–H and O–H groups in total. The molecule has 0 aromatic rings. The Kier molecular flexibility index (Phi) is 9.62. The zero-order valence-electron chi connectivity index (χ0n) is 17.2. The second kappa shape index (κ2) is 11.4. The zero-order chi connectivity index (χ0) is 18.9. The summed E-state index contributed by atoms with van der Waals surface area (Å²) in [5.41, 5.74) is 0. The van der Waals surface area contributed by atoms with Gasteiger partial charge in [-0.25, -0.2) is 0 Å². The van der Waals surface area contributed by atoms with Gasteiger partial charge in [-0.3, -0.25) is 0 Å². The highest BCUT2D eigenvalue weighted by Crippen LogP contribution is 2.41. The van der Waals surface area contributed by atoms with Crippen LogP contribution >= 0.6 is 0 Å². The van der Waals surface area contributed by atoms with Gasteiger partial charge in [0, 0.05) is 18.0 Å². The van der Waals surface area contributed by atoms with Crippen molar-refractivity contribution in [2.75, 3.05) is 20.6 Å². The van der Waals surface area contributed by atoms with Crippen LogP contribution in [0, 0.1) is 11.8 Å². The third-order valence-electron chi connectivity index (χ3n) is 6.27. The first-order valence-corrected chi connectivity index (χ1v) is 11.0. The third-order valence-corrected chi connectivity index (χ3v) is 6.27. The molecule has 1 heterocycles. The molecule has 0 radical (unpaired) electrons. The maximum Gasteiger partial charge on any atom is 0.0721 e. The molecule has 1 saturated carbocycles. The Morgan fingerprint density at radius 2 is 1.92 bits per heavy atom. The van der Waals surface area contributed by atoms with Crippen molar-refractivity contribution in [1.29, 1.82) is 0 Å². The van der Waals surface area contributed by atoms with Crippen molar-refractivity contribution < 1.29 is 10.2 Å². The first-order valence-electron chi connectivity index (χ1n) is 11.0. The van der Waals surface area contributed by atoms with Crippen molar-refractivity contribution in [2.24, 2.45) is 11.8 Å². The number of rotatable bonds is 12. The lowest BCUT2D eigenvalue weighted by atomic mass is 9.89. The van der Waals surface area contributed by atoms with E-state index in [0.29, 0.717) is 18.0 Å². The molecule has 1 aliphatic heterocycles. The topological polar surface area (TPSA) is 55.7 Å². The van der Waals surface area contributed by atoms with Crippen LogP contribution in [0.1, 0.15) is 71.1 Å². The van der Waals surface area contributed by atoms with Crippen molar-refractivity contribution in [3.8, 4) is 0 Å². The van der Waals surface area contributed by atoms with Gasteiger partial charge in [0.05, 0.1) is 12.2 Å². The molecule has 4 nitrogen and oxygen atoms in total. The smallest absolute Gasteiger partial charge is 0.0721 e. The monoisotopic (exact) mass is 366 g/mol. The number of hydrogen-bond acceptors (Lipinski definition) is 4. The highest BCUT2D eigenvalue weighted by molar-refractivity contribution is 5.09. The van der Waals surface area contributed by atoms with Crippen molar-refractivity contribution in [3.05, 3.63) is 12.2 Å². The Hall–Kier alpha value is -0.420. The second-order valence-electron chi connectivity index (χ2n) is 8.85. The number of aliphatic hydroxyl groups is 2. The van der Waals surface area contributed by atoms with Crippen LogP contribution in [0.4, 0.5) is 0 Å². The fraction of sp³-hybridized carbons (Fsp3) is 0.909. The van der Waals surface area contributed by atoms with Gasteiger partial charge < -0.3 is 20.4 Å². The molecule has 6 atom stereocenters. The summed E-state index contributed by atoms with van der Waals surface area (Å²) in [5, 5.41) is 24.3. The average Bonchev–Trinajstić information content (AvgIpc) is 3.09. The molecule has 26 heavy (non-hydrogen) atoms. The molecule has 4 heteroatoms. The van der Waals surface area contributed by atoms with Gasteiger partial charge in [0.25, 0.3) is 0 Å². The molecule has 2 rings (SSSR count). The molecule has 2 aliphatic rings. The van der Waals surface area contributed by atoms with Gasteiger partial charge in [-0.15, -0.1) is 0 Å². The lowest BCUT2D eigenvalue weighted by Crippen LogP contribution is -2.30. The van der Waals surface area contributed by atoms with E-state index in [1.54, 1.807) is 0 Å². The standard InChI is InChI=1S/C22H42N2O2/c1-4-5-7-11-18(25)12-13-19-20-15-17(23-21(20)16-22(19)26)10-8-6-9-14-24(2)3/h12-13,17-23,25-26H,4-11,14-16H2,1-3H3/t17-,18-,19+,20+,21-,22+/m0/s1. The Bertz CT molecular complexity index is 413. The minimum atomic E-state index is -0.352. The number of unbranched alkanes of at least 4 members (excludes halogenated alkanes) is 4. The van der Waals surface area contributed by atoms with Gasteiger partial charge in [0.2, 0.25) is 0 Å². The normalized spacial score (nSPS) is 32.6. The summed E-state index contributed by atoms with van der Waals surface area (Å²) in [5.74, 6) is 0.753. The van der Waals surface area contributed by atoms with Crippen molar-refractivity contribution in [1.82, 2.24) is 10.2 Å². The highest BCUT2D eigenvalue weighted by Gasteiger charge is 2.46. The van der Waals surface area contributed by atoms with Crippen LogP contribution in [0.15, 0.2) is 12.2 Å². The first-order chi connectivity index (χ1) is 12.5. The molecule has 0 aromatic carbocycles. The summed E-state index contributed by atoms with van der Waals surface area (Å²) < 4.78 is 0. The molecule has 0 aromatic heterocycles. The lowest BCUT2D eigenvalue weighted by Gasteiger charge is -2.19. The van der Waals surface area contributed by atoms with Gasteiger partial charge in [0.1, 0.15) is 0 Å². The molecule has 0 spiro atoms. The summed E-state index contributed by atoms with van der Waals surface area (Å²) in [6.45, 7) is 3.37. The quantitative estimate of drug-likeness (QED) is 0.366. The van der Waals surface area contributed by atoms with Gasteiger partial charge in [-0.1, -0.05) is 51.2 Å². The summed E-state index contributed by atoms with van der Waals surface area (Å²) in [6.07, 6.45) is 14.9. The van der Waals surface area contributed by atoms with Crippen LogP contribution in [-0.4, -0.2) is 60.0 Å².